The van der Waals surface area contributed by atoms with Crippen LogP contribution in [0.3, 0.4) is 0 Å². The number of urea groups is 1. The Morgan fingerprint density at radius 3 is 2.91 bits per heavy atom. The smallest absolute Gasteiger partial charge is 0.318 e. The number of nitrogens with zero attached hydrogens (tertiary/aromatic N) is 2. The molecule has 0 aromatic carbocycles. The van der Waals surface area contributed by atoms with Crippen LogP contribution in [0.1, 0.15) is 75.8 Å². The maximum atomic E-state index is 12.6. The molecule has 0 radical (unpaired) electrons. The molecular weight excluding hydrogens is 278 g/mol. The summed E-state index contributed by atoms with van der Waals surface area (Å²) in [6, 6.07) is 2.54. The minimum Gasteiger partial charge on any atom is -0.361 e. The molecule has 0 bridgehead atoms. The molecule has 5 heteroatoms. The molecule has 1 aliphatic heterocycles. The van der Waals surface area contributed by atoms with Crippen molar-refractivity contribution in [1.29, 1.82) is 0 Å². The maximum Gasteiger partial charge on any atom is 0.318 e. The lowest BCUT2D eigenvalue weighted by Gasteiger charge is -2.28. The first-order valence-corrected chi connectivity index (χ1v) is 8.80. The molecule has 5 nitrogen and oxygen atoms in total. The van der Waals surface area contributed by atoms with Gasteiger partial charge >= 0.3 is 6.03 Å². The minimum atomic E-state index is 0.0782. The number of aryl methyl sites for hydroxylation is 1. The van der Waals surface area contributed by atoms with Gasteiger partial charge in [0.2, 0.25) is 0 Å². The predicted octanol–water partition coefficient (Wildman–Crippen LogP) is 3.81. The van der Waals surface area contributed by atoms with E-state index in [9.17, 15) is 4.79 Å². The van der Waals surface area contributed by atoms with E-state index in [2.05, 4.69) is 17.4 Å². The first kappa shape index (κ1) is 15.4. The number of likely N-dealkylation sites (tertiary alicyclic amines) is 1. The van der Waals surface area contributed by atoms with Crippen LogP contribution in [0, 0.1) is 0 Å². The van der Waals surface area contributed by atoms with E-state index in [-0.39, 0.29) is 12.1 Å². The van der Waals surface area contributed by atoms with Crippen LogP contribution >= 0.6 is 0 Å². The number of aromatic nitrogens is 1. The minimum absolute atomic E-state index is 0.0782. The fourth-order valence-corrected chi connectivity index (χ4v) is 3.67. The summed E-state index contributed by atoms with van der Waals surface area (Å²) in [6.45, 7) is 2.95. The van der Waals surface area contributed by atoms with Crippen molar-refractivity contribution in [3.05, 3.63) is 17.5 Å². The number of amides is 2. The summed E-state index contributed by atoms with van der Waals surface area (Å²) in [5.74, 6) is 0.928. The lowest BCUT2D eigenvalue weighted by atomic mass is 9.96. The van der Waals surface area contributed by atoms with Crippen molar-refractivity contribution < 1.29 is 9.32 Å². The van der Waals surface area contributed by atoms with Crippen LogP contribution in [0.4, 0.5) is 4.79 Å². The van der Waals surface area contributed by atoms with Gasteiger partial charge in [0.05, 0.1) is 6.04 Å². The molecule has 2 aliphatic rings. The normalized spacial score (nSPS) is 23.0. The third kappa shape index (κ3) is 3.45. The van der Waals surface area contributed by atoms with Crippen LogP contribution < -0.4 is 5.32 Å². The highest BCUT2D eigenvalue weighted by Gasteiger charge is 2.33. The topological polar surface area (TPSA) is 58.4 Å². The van der Waals surface area contributed by atoms with Crippen LogP contribution in [-0.2, 0) is 6.42 Å². The number of hydrogen-bond donors (Lipinski definition) is 1. The molecular formula is C17H27N3O2. The molecule has 2 heterocycles. The summed E-state index contributed by atoms with van der Waals surface area (Å²) in [5, 5.41) is 7.42. The second-order valence-electron chi connectivity index (χ2n) is 6.60. The molecule has 1 saturated heterocycles. The largest absolute Gasteiger partial charge is 0.361 e. The van der Waals surface area contributed by atoms with Crippen LogP contribution in [-0.4, -0.2) is 28.7 Å². The summed E-state index contributed by atoms with van der Waals surface area (Å²) < 4.78 is 5.39. The van der Waals surface area contributed by atoms with Gasteiger partial charge in [-0.05, 0) is 32.1 Å². The van der Waals surface area contributed by atoms with Crippen LogP contribution in [0.25, 0.3) is 0 Å². The molecule has 1 aromatic heterocycles. The molecule has 122 valence electrons. The molecule has 0 unspecified atom stereocenters. The van der Waals surface area contributed by atoms with Gasteiger partial charge in [-0.15, -0.1) is 0 Å². The zero-order chi connectivity index (χ0) is 15.4. The fourth-order valence-electron chi connectivity index (χ4n) is 3.67. The third-order valence-corrected chi connectivity index (χ3v) is 4.86. The van der Waals surface area contributed by atoms with Crippen molar-refractivity contribution in [1.82, 2.24) is 15.4 Å². The van der Waals surface area contributed by atoms with Crippen LogP contribution in [0.5, 0.6) is 0 Å². The molecule has 1 atom stereocenters. The van der Waals surface area contributed by atoms with Gasteiger partial charge in [0.25, 0.3) is 0 Å². The van der Waals surface area contributed by atoms with Gasteiger partial charge in [-0.1, -0.05) is 31.3 Å². The van der Waals surface area contributed by atoms with Crippen molar-refractivity contribution in [2.75, 3.05) is 6.54 Å². The average molecular weight is 305 g/mol. The highest BCUT2D eigenvalue weighted by molar-refractivity contribution is 5.75. The third-order valence-electron chi connectivity index (χ3n) is 4.86. The van der Waals surface area contributed by atoms with E-state index < -0.39 is 0 Å². The van der Waals surface area contributed by atoms with E-state index in [0.29, 0.717) is 6.04 Å². The zero-order valence-electron chi connectivity index (χ0n) is 13.5. The Morgan fingerprint density at radius 2 is 2.14 bits per heavy atom. The molecule has 1 N–H and O–H groups in total. The summed E-state index contributed by atoms with van der Waals surface area (Å²) in [4.78, 5) is 14.5. The van der Waals surface area contributed by atoms with E-state index in [1.807, 2.05) is 11.0 Å². The van der Waals surface area contributed by atoms with Crippen molar-refractivity contribution in [2.24, 2.45) is 0 Å². The lowest BCUT2D eigenvalue weighted by molar-refractivity contribution is 0.183. The fraction of sp³-hybridized carbons (Fsp3) is 0.765. The Balaban J connectivity index is 1.62. The number of carbonyl (C=O) groups is 1. The SMILES string of the molecule is CCCc1cc([C@H]2CCCN2C(=O)NC2CCCCC2)no1. The monoisotopic (exact) mass is 305 g/mol. The molecule has 0 spiro atoms. The van der Waals surface area contributed by atoms with E-state index >= 15 is 0 Å². The highest BCUT2D eigenvalue weighted by atomic mass is 16.5. The zero-order valence-corrected chi connectivity index (χ0v) is 13.5. The Bertz CT molecular complexity index is 494. The Hall–Kier alpha value is -1.52. The van der Waals surface area contributed by atoms with Gasteiger partial charge in [0, 0.05) is 25.1 Å². The molecule has 3 rings (SSSR count). The Morgan fingerprint density at radius 1 is 1.32 bits per heavy atom. The van der Waals surface area contributed by atoms with Crippen molar-refractivity contribution in [2.45, 2.75) is 76.8 Å². The molecule has 22 heavy (non-hydrogen) atoms. The van der Waals surface area contributed by atoms with Gasteiger partial charge in [-0.25, -0.2) is 4.79 Å². The maximum absolute atomic E-state index is 12.6. The van der Waals surface area contributed by atoms with Gasteiger partial charge < -0.3 is 14.7 Å². The standard InChI is InChI=1S/C17H27N3O2/c1-2-7-14-12-15(19-22-14)16-10-6-11-20(16)17(21)18-13-8-4-3-5-9-13/h12-13,16H,2-11H2,1H3,(H,18,21)/t16-/m1/s1. The number of nitrogens with one attached hydrogen (secondary N) is 1. The molecule has 1 saturated carbocycles. The Kier molecular flexibility index (Phi) is 5.01. The van der Waals surface area contributed by atoms with Crippen molar-refractivity contribution in [3.8, 4) is 0 Å². The average Bonchev–Trinajstić information content (AvgIpc) is 3.17. The quantitative estimate of drug-likeness (QED) is 0.920. The van der Waals surface area contributed by atoms with E-state index in [1.165, 1.54) is 19.3 Å². The molecule has 2 fully saturated rings. The molecule has 2 amide bonds. The first-order valence-electron chi connectivity index (χ1n) is 8.80. The summed E-state index contributed by atoms with van der Waals surface area (Å²) in [5.41, 5.74) is 0.916. The summed E-state index contributed by atoms with van der Waals surface area (Å²) in [6.07, 6.45) is 9.99. The van der Waals surface area contributed by atoms with E-state index in [1.54, 1.807) is 0 Å². The van der Waals surface area contributed by atoms with Gasteiger partial charge in [0.1, 0.15) is 11.5 Å². The summed E-state index contributed by atoms with van der Waals surface area (Å²) in [7, 11) is 0. The number of hydrogen-bond acceptors (Lipinski definition) is 3. The van der Waals surface area contributed by atoms with Gasteiger partial charge in [-0.2, -0.15) is 0 Å². The highest BCUT2D eigenvalue weighted by Crippen LogP contribution is 2.32. The Labute approximate surface area is 132 Å². The lowest BCUT2D eigenvalue weighted by Crippen LogP contribution is -2.45. The van der Waals surface area contributed by atoms with E-state index in [4.69, 9.17) is 4.52 Å². The van der Waals surface area contributed by atoms with Gasteiger partial charge in [-0.3, -0.25) is 0 Å². The summed E-state index contributed by atoms with van der Waals surface area (Å²) >= 11 is 0. The predicted molar refractivity (Wildman–Crippen MR) is 84.6 cm³/mol. The first-order chi connectivity index (χ1) is 10.8. The van der Waals surface area contributed by atoms with Gasteiger partial charge in [0.15, 0.2) is 0 Å². The van der Waals surface area contributed by atoms with Crippen LogP contribution in [0.2, 0.25) is 0 Å². The second kappa shape index (κ2) is 7.16. The molecule has 1 aromatic rings. The number of carbonyl (C=O) groups excluding carboxylic acids is 1. The number of rotatable bonds is 4. The molecule has 1 aliphatic carbocycles. The van der Waals surface area contributed by atoms with Crippen LogP contribution in [0.15, 0.2) is 10.6 Å². The van der Waals surface area contributed by atoms with Crippen molar-refractivity contribution in [3.63, 3.8) is 0 Å². The van der Waals surface area contributed by atoms with Crippen molar-refractivity contribution >= 4 is 6.03 Å². The van der Waals surface area contributed by atoms with E-state index in [0.717, 1.165) is 56.5 Å². The second-order valence-corrected chi connectivity index (χ2v) is 6.60.